The van der Waals surface area contributed by atoms with E-state index in [1.54, 1.807) is 0 Å². The fourth-order valence-electron chi connectivity index (χ4n) is 2.37. The summed E-state index contributed by atoms with van der Waals surface area (Å²) >= 11 is 6.05. The van der Waals surface area contributed by atoms with Gasteiger partial charge in [-0.15, -0.1) is 0 Å². The number of halogens is 1. The van der Waals surface area contributed by atoms with E-state index in [2.05, 4.69) is 34.6 Å². The number of hydrogen-bond donors (Lipinski definition) is 0. The molecule has 0 aromatic carbocycles. The first-order valence-corrected chi connectivity index (χ1v) is 5.96. The third-order valence-electron chi connectivity index (χ3n) is 3.63. The van der Waals surface area contributed by atoms with Gasteiger partial charge in [-0.25, -0.2) is 9.97 Å². The molecule has 0 bridgehead atoms. The lowest BCUT2D eigenvalue weighted by Crippen LogP contribution is -2.28. The van der Waals surface area contributed by atoms with Gasteiger partial charge in [-0.05, 0) is 38.7 Å². The minimum atomic E-state index is 0.124. The molecule has 2 aromatic heterocycles. The highest BCUT2D eigenvalue weighted by Gasteiger charge is 2.39. The summed E-state index contributed by atoms with van der Waals surface area (Å²) in [6.45, 7) is 4.53. The Balaban J connectivity index is 2.21. The molecule has 1 aliphatic carbocycles. The molecule has 0 aliphatic heterocycles. The molecule has 0 N–H and O–H groups in total. The maximum absolute atomic E-state index is 6.05. The maximum Gasteiger partial charge on any atom is 0.145 e. The van der Waals surface area contributed by atoms with Crippen molar-refractivity contribution in [1.82, 2.24) is 14.5 Å². The van der Waals surface area contributed by atoms with Gasteiger partial charge in [0.1, 0.15) is 17.1 Å². The molecule has 2 aromatic rings. The summed E-state index contributed by atoms with van der Waals surface area (Å²) in [4.78, 5) is 8.35. The Kier molecular flexibility index (Phi) is 2.02. The fraction of sp³-hybridized carbons (Fsp3) is 0.500. The van der Waals surface area contributed by atoms with Gasteiger partial charge in [-0.2, -0.15) is 0 Å². The zero-order chi connectivity index (χ0) is 11.3. The molecule has 16 heavy (non-hydrogen) atoms. The van der Waals surface area contributed by atoms with Crippen molar-refractivity contribution in [2.24, 2.45) is 5.92 Å². The Hall–Kier alpha value is -1.09. The summed E-state index contributed by atoms with van der Waals surface area (Å²) in [6, 6.07) is 2.00. The highest BCUT2D eigenvalue weighted by atomic mass is 35.5. The third kappa shape index (κ3) is 1.34. The Morgan fingerprint density at radius 2 is 2.12 bits per heavy atom. The highest BCUT2D eigenvalue weighted by molar-refractivity contribution is 6.33. The summed E-state index contributed by atoms with van der Waals surface area (Å²) in [6.07, 6.45) is 6.23. The van der Waals surface area contributed by atoms with Crippen molar-refractivity contribution in [3.63, 3.8) is 0 Å². The maximum atomic E-state index is 6.05. The normalized spacial score (nSPS) is 16.9. The van der Waals surface area contributed by atoms with E-state index in [1.165, 1.54) is 19.2 Å². The molecule has 0 atom stereocenters. The van der Waals surface area contributed by atoms with Crippen molar-refractivity contribution in [2.45, 2.75) is 32.2 Å². The van der Waals surface area contributed by atoms with Crippen LogP contribution in [0.3, 0.4) is 0 Å². The molecule has 4 heteroatoms. The minimum absolute atomic E-state index is 0.124. The second-order valence-electron chi connectivity index (χ2n) is 5.02. The Bertz CT molecular complexity index is 540. The van der Waals surface area contributed by atoms with Crippen LogP contribution in [0.2, 0.25) is 5.15 Å². The van der Waals surface area contributed by atoms with Crippen molar-refractivity contribution < 1.29 is 0 Å². The molecule has 1 aliphatic rings. The van der Waals surface area contributed by atoms with Gasteiger partial charge in [0.05, 0.1) is 5.39 Å². The Morgan fingerprint density at radius 3 is 2.81 bits per heavy atom. The van der Waals surface area contributed by atoms with Crippen LogP contribution < -0.4 is 0 Å². The summed E-state index contributed by atoms with van der Waals surface area (Å²) in [5.74, 6) is 0.761. The van der Waals surface area contributed by atoms with E-state index in [1.807, 2.05) is 6.07 Å². The molecular formula is C12H14ClN3. The van der Waals surface area contributed by atoms with E-state index >= 15 is 0 Å². The zero-order valence-corrected chi connectivity index (χ0v) is 10.2. The molecule has 3 nitrogen and oxygen atoms in total. The average Bonchev–Trinajstić information content (AvgIpc) is 2.99. The second-order valence-corrected chi connectivity index (χ2v) is 5.37. The largest absolute Gasteiger partial charge is 0.327 e. The summed E-state index contributed by atoms with van der Waals surface area (Å²) in [5.41, 5.74) is 1.07. The van der Waals surface area contributed by atoms with Gasteiger partial charge in [0, 0.05) is 11.7 Å². The van der Waals surface area contributed by atoms with Gasteiger partial charge in [-0.1, -0.05) is 11.6 Å². The first-order chi connectivity index (χ1) is 7.60. The van der Waals surface area contributed by atoms with Gasteiger partial charge in [-0.3, -0.25) is 0 Å². The number of aromatic nitrogens is 3. The quantitative estimate of drug-likeness (QED) is 0.749. The second kappa shape index (κ2) is 3.20. The Morgan fingerprint density at radius 1 is 1.38 bits per heavy atom. The molecule has 0 saturated heterocycles. The Labute approximate surface area is 99.5 Å². The van der Waals surface area contributed by atoms with Crippen LogP contribution in [0.4, 0.5) is 0 Å². The summed E-state index contributed by atoms with van der Waals surface area (Å²) in [7, 11) is 0. The van der Waals surface area contributed by atoms with Crippen LogP contribution in [0.15, 0.2) is 18.6 Å². The van der Waals surface area contributed by atoms with Gasteiger partial charge >= 0.3 is 0 Å². The van der Waals surface area contributed by atoms with Crippen LogP contribution >= 0.6 is 11.6 Å². The van der Waals surface area contributed by atoms with Crippen LogP contribution in [0.1, 0.15) is 26.7 Å². The topological polar surface area (TPSA) is 30.7 Å². The summed E-state index contributed by atoms with van der Waals surface area (Å²) in [5, 5.41) is 1.48. The SMILES string of the molecule is CC(C)(C1CC1)n1ccc2c(Cl)ncnc21. The van der Waals surface area contributed by atoms with E-state index in [4.69, 9.17) is 11.6 Å². The van der Waals surface area contributed by atoms with Crippen molar-refractivity contribution in [1.29, 1.82) is 0 Å². The fourth-order valence-corrected chi connectivity index (χ4v) is 2.56. The van der Waals surface area contributed by atoms with E-state index in [9.17, 15) is 0 Å². The van der Waals surface area contributed by atoms with Gasteiger partial charge < -0.3 is 4.57 Å². The molecule has 1 saturated carbocycles. The van der Waals surface area contributed by atoms with Crippen molar-refractivity contribution in [3.05, 3.63) is 23.7 Å². The van der Waals surface area contributed by atoms with Crippen LogP contribution in [-0.2, 0) is 5.54 Å². The van der Waals surface area contributed by atoms with Crippen molar-refractivity contribution in [3.8, 4) is 0 Å². The molecule has 0 unspecified atom stereocenters. The van der Waals surface area contributed by atoms with E-state index in [-0.39, 0.29) is 5.54 Å². The van der Waals surface area contributed by atoms with Crippen LogP contribution in [-0.4, -0.2) is 14.5 Å². The lowest BCUT2D eigenvalue weighted by atomic mass is 9.98. The van der Waals surface area contributed by atoms with Crippen molar-refractivity contribution >= 4 is 22.6 Å². The molecule has 0 amide bonds. The highest BCUT2D eigenvalue weighted by Crippen LogP contribution is 2.45. The molecule has 0 spiro atoms. The lowest BCUT2D eigenvalue weighted by molar-refractivity contribution is 0.313. The monoisotopic (exact) mass is 235 g/mol. The lowest BCUT2D eigenvalue weighted by Gasteiger charge is -2.27. The van der Waals surface area contributed by atoms with Crippen LogP contribution in [0.5, 0.6) is 0 Å². The minimum Gasteiger partial charge on any atom is -0.327 e. The summed E-state index contributed by atoms with van der Waals surface area (Å²) < 4.78 is 2.23. The molecule has 1 fully saturated rings. The molecule has 84 valence electrons. The van der Waals surface area contributed by atoms with Crippen LogP contribution in [0, 0.1) is 5.92 Å². The van der Waals surface area contributed by atoms with Gasteiger partial charge in [0.2, 0.25) is 0 Å². The van der Waals surface area contributed by atoms with Gasteiger partial charge in [0.15, 0.2) is 0 Å². The standard InChI is InChI=1S/C12H14ClN3/c1-12(2,8-3-4-8)16-6-5-9-10(13)14-7-15-11(9)16/h5-8H,3-4H2,1-2H3. The van der Waals surface area contributed by atoms with E-state index < -0.39 is 0 Å². The van der Waals surface area contributed by atoms with E-state index in [0.29, 0.717) is 5.15 Å². The number of nitrogens with zero attached hydrogens (tertiary/aromatic N) is 3. The first kappa shape index (κ1) is 10.1. The molecule has 2 heterocycles. The van der Waals surface area contributed by atoms with Crippen molar-refractivity contribution in [2.75, 3.05) is 0 Å². The van der Waals surface area contributed by atoms with Crippen LogP contribution in [0.25, 0.3) is 11.0 Å². The predicted octanol–water partition coefficient (Wildman–Crippen LogP) is 3.23. The van der Waals surface area contributed by atoms with E-state index in [0.717, 1.165) is 17.0 Å². The number of rotatable bonds is 2. The van der Waals surface area contributed by atoms with Gasteiger partial charge in [0.25, 0.3) is 0 Å². The smallest absolute Gasteiger partial charge is 0.145 e. The molecule has 3 rings (SSSR count). The first-order valence-electron chi connectivity index (χ1n) is 5.59. The molecular weight excluding hydrogens is 222 g/mol. The molecule has 0 radical (unpaired) electrons. The number of fused-ring (bicyclic) bond motifs is 1. The zero-order valence-electron chi connectivity index (χ0n) is 9.44. The number of hydrogen-bond acceptors (Lipinski definition) is 2. The predicted molar refractivity (Wildman–Crippen MR) is 64.6 cm³/mol. The third-order valence-corrected chi connectivity index (χ3v) is 3.93. The average molecular weight is 236 g/mol.